The number of rotatable bonds is 8. The maximum atomic E-state index is 12.9. The number of carbonyl (C=O) groups excluding carboxylic acids is 1. The molecule has 1 saturated heterocycles. The molecule has 33 heavy (non-hydrogen) atoms. The molecule has 1 aromatic heterocycles. The lowest BCUT2D eigenvalue weighted by Gasteiger charge is -2.34. The summed E-state index contributed by atoms with van der Waals surface area (Å²) in [6, 6.07) is 14.2. The van der Waals surface area contributed by atoms with Crippen LogP contribution in [0.1, 0.15) is 11.3 Å². The molecular weight excluding hydrogens is 438 g/mol. The molecule has 8 heteroatoms. The van der Waals surface area contributed by atoms with Gasteiger partial charge in [0.2, 0.25) is 11.7 Å². The second-order valence-corrected chi connectivity index (χ2v) is 8.74. The van der Waals surface area contributed by atoms with Gasteiger partial charge in [0, 0.05) is 43.7 Å². The standard InChI is InChI=1S/C25H29N3O4S/c1-30-21-13-19(14-22(31-2)24(21)32-3)25-26-20(17-33-25)15-23(29)28-11-9-27(10-12-28)16-18-7-5-4-6-8-18/h4-8,13-14,17H,9-12,15-16H2,1-3H3. The molecule has 1 aliphatic rings. The van der Waals surface area contributed by atoms with Crippen LogP contribution in [0.5, 0.6) is 17.2 Å². The molecule has 0 bridgehead atoms. The van der Waals surface area contributed by atoms with E-state index in [0.717, 1.165) is 49.0 Å². The fraction of sp³-hybridized carbons (Fsp3) is 0.360. The predicted octanol–water partition coefficient (Wildman–Crippen LogP) is 3.72. The van der Waals surface area contributed by atoms with Crippen LogP contribution in [-0.4, -0.2) is 68.2 Å². The van der Waals surface area contributed by atoms with Gasteiger partial charge in [-0.15, -0.1) is 11.3 Å². The van der Waals surface area contributed by atoms with Crippen molar-refractivity contribution < 1.29 is 19.0 Å². The molecule has 0 aliphatic carbocycles. The molecule has 4 rings (SSSR count). The van der Waals surface area contributed by atoms with Gasteiger partial charge in [-0.25, -0.2) is 4.98 Å². The van der Waals surface area contributed by atoms with Crippen molar-refractivity contribution in [1.29, 1.82) is 0 Å². The highest BCUT2D eigenvalue weighted by atomic mass is 32.1. The van der Waals surface area contributed by atoms with Crippen LogP contribution in [0.3, 0.4) is 0 Å². The highest BCUT2D eigenvalue weighted by Crippen LogP contribution is 2.41. The van der Waals surface area contributed by atoms with E-state index in [4.69, 9.17) is 19.2 Å². The molecular formula is C25H29N3O4S. The van der Waals surface area contributed by atoms with Crippen molar-refractivity contribution in [3.05, 3.63) is 59.1 Å². The van der Waals surface area contributed by atoms with E-state index in [-0.39, 0.29) is 5.91 Å². The van der Waals surface area contributed by atoms with E-state index >= 15 is 0 Å². The lowest BCUT2D eigenvalue weighted by Crippen LogP contribution is -2.48. The van der Waals surface area contributed by atoms with Gasteiger partial charge in [-0.1, -0.05) is 30.3 Å². The zero-order chi connectivity index (χ0) is 23.2. The Morgan fingerprint density at radius 1 is 0.970 bits per heavy atom. The Morgan fingerprint density at radius 3 is 2.24 bits per heavy atom. The van der Waals surface area contributed by atoms with Crippen molar-refractivity contribution >= 4 is 17.2 Å². The van der Waals surface area contributed by atoms with E-state index in [1.54, 1.807) is 21.3 Å². The van der Waals surface area contributed by atoms with E-state index in [9.17, 15) is 4.79 Å². The van der Waals surface area contributed by atoms with Crippen molar-refractivity contribution in [3.8, 4) is 27.8 Å². The Labute approximate surface area is 198 Å². The second-order valence-electron chi connectivity index (χ2n) is 7.88. The lowest BCUT2D eigenvalue weighted by molar-refractivity contribution is -0.132. The van der Waals surface area contributed by atoms with Crippen molar-refractivity contribution in [2.75, 3.05) is 47.5 Å². The van der Waals surface area contributed by atoms with Crippen molar-refractivity contribution in [3.63, 3.8) is 0 Å². The average Bonchev–Trinajstić information content (AvgIpc) is 3.32. The van der Waals surface area contributed by atoms with Crippen LogP contribution in [-0.2, 0) is 17.8 Å². The molecule has 7 nitrogen and oxygen atoms in total. The molecule has 2 aromatic carbocycles. The van der Waals surface area contributed by atoms with Crippen LogP contribution >= 0.6 is 11.3 Å². The van der Waals surface area contributed by atoms with E-state index in [2.05, 4.69) is 29.2 Å². The number of thiazole rings is 1. The maximum absolute atomic E-state index is 12.9. The number of hydrogen-bond donors (Lipinski definition) is 0. The van der Waals surface area contributed by atoms with Crippen LogP contribution in [0.4, 0.5) is 0 Å². The summed E-state index contributed by atoms with van der Waals surface area (Å²) in [6.07, 6.45) is 0.305. The van der Waals surface area contributed by atoms with Gasteiger partial charge in [0.1, 0.15) is 5.01 Å². The summed E-state index contributed by atoms with van der Waals surface area (Å²) in [5.41, 5.74) is 2.95. The van der Waals surface area contributed by atoms with Gasteiger partial charge in [0.25, 0.3) is 0 Å². The average molecular weight is 468 g/mol. The van der Waals surface area contributed by atoms with Crippen LogP contribution < -0.4 is 14.2 Å². The predicted molar refractivity (Wildman–Crippen MR) is 129 cm³/mol. The molecule has 1 aliphatic heterocycles. The molecule has 2 heterocycles. The molecule has 0 unspecified atom stereocenters. The monoisotopic (exact) mass is 467 g/mol. The molecule has 0 radical (unpaired) electrons. The summed E-state index contributed by atoms with van der Waals surface area (Å²) in [7, 11) is 4.76. The molecule has 1 amide bonds. The number of amides is 1. The van der Waals surface area contributed by atoms with Gasteiger partial charge >= 0.3 is 0 Å². The summed E-state index contributed by atoms with van der Waals surface area (Å²) >= 11 is 1.50. The molecule has 0 atom stereocenters. The Balaban J connectivity index is 1.37. The van der Waals surface area contributed by atoms with E-state index in [1.165, 1.54) is 16.9 Å². The molecule has 1 fully saturated rings. The normalized spacial score (nSPS) is 14.2. The topological polar surface area (TPSA) is 64.1 Å². The van der Waals surface area contributed by atoms with Crippen molar-refractivity contribution in [1.82, 2.24) is 14.8 Å². The van der Waals surface area contributed by atoms with Crippen molar-refractivity contribution in [2.45, 2.75) is 13.0 Å². The third-order valence-corrected chi connectivity index (χ3v) is 6.71. The SMILES string of the molecule is COc1cc(-c2nc(CC(=O)N3CCN(Cc4ccccc4)CC3)cs2)cc(OC)c1OC. The molecule has 174 valence electrons. The Hall–Kier alpha value is -3.10. The number of carbonyl (C=O) groups is 1. The summed E-state index contributed by atoms with van der Waals surface area (Å²) in [6.45, 7) is 4.18. The summed E-state index contributed by atoms with van der Waals surface area (Å²) < 4.78 is 16.3. The molecule has 0 spiro atoms. The van der Waals surface area contributed by atoms with Gasteiger partial charge in [0.15, 0.2) is 11.5 Å². The maximum Gasteiger partial charge on any atom is 0.228 e. The largest absolute Gasteiger partial charge is 0.493 e. The lowest BCUT2D eigenvalue weighted by atomic mass is 10.2. The minimum atomic E-state index is 0.121. The highest BCUT2D eigenvalue weighted by molar-refractivity contribution is 7.13. The van der Waals surface area contributed by atoms with E-state index in [0.29, 0.717) is 23.7 Å². The van der Waals surface area contributed by atoms with E-state index in [1.807, 2.05) is 28.5 Å². The summed E-state index contributed by atoms with van der Waals surface area (Å²) in [5, 5.41) is 2.76. The number of hydrogen-bond acceptors (Lipinski definition) is 7. The molecule has 0 saturated carbocycles. The summed E-state index contributed by atoms with van der Waals surface area (Å²) in [4.78, 5) is 21.9. The number of ether oxygens (including phenoxy) is 3. The minimum absolute atomic E-state index is 0.121. The Morgan fingerprint density at radius 2 is 1.64 bits per heavy atom. The first-order chi connectivity index (χ1) is 16.1. The highest BCUT2D eigenvalue weighted by Gasteiger charge is 2.22. The molecule has 3 aromatic rings. The van der Waals surface area contributed by atoms with Crippen LogP contribution in [0.25, 0.3) is 10.6 Å². The number of benzene rings is 2. The number of methoxy groups -OCH3 is 3. The fourth-order valence-electron chi connectivity index (χ4n) is 3.99. The van der Waals surface area contributed by atoms with Crippen LogP contribution in [0.2, 0.25) is 0 Å². The van der Waals surface area contributed by atoms with Crippen LogP contribution in [0, 0.1) is 0 Å². The smallest absolute Gasteiger partial charge is 0.228 e. The van der Waals surface area contributed by atoms with Gasteiger partial charge in [0.05, 0.1) is 33.4 Å². The van der Waals surface area contributed by atoms with Gasteiger partial charge in [-0.2, -0.15) is 0 Å². The first-order valence-electron chi connectivity index (χ1n) is 10.9. The Kier molecular flexibility index (Phi) is 7.47. The number of aromatic nitrogens is 1. The van der Waals surface area contributed by atoms with Gasteiger partial charge < -0.3 is 19.1 Å². The fourth-order valence-corrected chi connectivity index (χ4v) is 4.80. The third-order valence-electron chi connectivity index (χ3n) is 5.77. The van der Waals surface area contributed by atoms with Crippen molar-refractivity contribution in [2.24, 2.45) is 0 Å². The molecule has 0 N–H and O–H groups in total. The zero-order valence-corrected chi connectivity index (χ0v) is 20.1. The number of piperazine rings is 1. The van der Waals surface area contributed by atoms with Crippen LogP contribution in [0.15, 0.2) is 47.8 Å². The second kappa shape index (κ2) is 10.7. The third kappa shape index (κ3) is 5.46. The first-order valence-corrected chi connectivity index (χ1v) is 11.8. The quantitative estimate of drug-likeness (QED) is 0.503. The zero-order valence-electron chi connectivity index (χ0n) is 19.2. The summed E-state index contributed by atoms with van der Waals surface area (Å²) in [5.74, 6) is 1.82. The van der Waals surface area contributed by atoms with Gasteiger partial charge in [-0.3, -0.25) is 9.69 Å². The van der Waals surface area contributed by atoms with E-state index < -0.39 is 0 Å². The number of nitrogens with zero attached hydrogens (tertiary/aromatic N) is 3. The minimum Gasteiger partial charge on any atom is -0.493 e. The van der Waals surface area contributed by atoms with Gasteiger partial charge in [-0.05, 0) is 17.7 Å². The first kappa shape index (κ1) is 23.1. The Bertz CT molecular complexity index is 1050.